The lowest BCUT2D eigenvalue weighted by Gasteiger charge is -2.06. The number of carbonyl (C=O) groups excluding carboxylic acids is 1. The second-order valence-electron chi connectivity index (χ2n) is 6.05. The van der Waals surface area contributed by atoms with Crippen molar-refractivity contribution in [1.29, 1.82) is 5.26 Å². The van der Waals surface area contributed by atoms with Gasteiger partial charge in [0.25, 0.3) is 0 Å². The van der Waals surface area contributed by atoms with Crippen LogP contribution in [0.15, 0.2) is 60.7 Å². The molecule has 0 amide bonds. The van der Waals surface area contributed by atoms with Gasteiger partial charge in [-0.25, -0.2) is 0 Å². The molecule has 3 aromatic carbocycles. The number of aryl methyl sites for hydroxylation is 2. The Morgan fingerprint density at radius 2 is 1.79 bits per heavy atom. The Morgan fingerprint density at radius 3 is 2.62 bits per heavy atom. The first kappa shape index (κ1) is 14.4. The van der Waals surface area contributed by atoms with Crippen molar-refractivity contribution in [3.05, 3.63) is 88.5 Å². The summed E-state index contributed by atoms with van der Waals surface area (Å²) in [6.45, 7) is 0. The number of nitrogens with zero attached hydrogens (tertiary/aromatic N) is 1. The van der Waals surface area contributed by atoms with E-state index in [2.05, 4.69) is 18.2 Å². The lowest BCUT2D eigenvalue weighted by molar-refractivity contribution is 0.104. The first-order valence-electron chi connectivity index (χ1n) is 8.02. The molecule has 0 spiro atoms. The summed E-state index contributed by atoms with van der Waals surface area (Å²) in [4.78, 5) is 12.7. The Labute approximate surface area is 140 Å². The van der Waals surface area contributed by atoms with Gasteiger partial charge in [-0.05, 0) is 58.5 Å². The highest BCUT2D eigenvalue weighted by Gasteiger charge is 2.17. The van der Waals surface area contributed by atoms with Crippen LogP contribution < -0.4 is 0 Å². The van der Waals surface area contributed by atoms with E-state index >= 15 is 0 Å². The molecule has 0 fully saturated rings. The van der Waals surface area contributed by atoms with Gasteiger partial charge in [0.1, 0.15) is 0 Å². The lowest BCUT2D eigenvalue weighted by atomic mass is 9.97. The number of rotatable bonds is 3. The Kier molecular flexibility index (Phi) is 3.48. The van der Waals surface area contributed by atoms with Gasteiger partial charge in [0.15, 0.2) is 5.78 Å². The van der Waals surface area contributed by atoms with Gasteiger partial charge in [0.2, 0.25) is 0 Å². The van der Waals surface area contributed by atoms with Gasteiger partial charge < -0.3 is 0 Å². The van der Waals surface area contributed by atoms with Crippen molar-refractivity contribution < 1.29 is 4.79 Å². The molecule has 0 radical (unpaired) electrons. The summed E-state index contributed by atoms with van der Waals surface area (Å²) >= 11 is 0. The number of hydrogen-bond acceptors (Lipinski definition) is 2. The minimum Gasteiger partial charge on any atom is -0.289 e. The predicted octanol–water partition coefficient (Wildman–Crippen LogP) is 4.71. The largest absolute Gasteiger partial charge is 0.289 e. The number of nitriles is 1. The maximum Gasteiger partial charge on any atom is 0.186 e. The molecular formula is C22H15NO. The third kappa shape index (κ3) is 2.41. The molecule has 0 unspecified atom stereocenters. The van der Waals surface area contributed by atoms with Crippen LogP contribution in [0, 0.1) is 11.3 Å². The van der Waals surface area contributed by atoms with Gasteiger partial charge in [-0.2, -0.15) is 5.26 Å². The number of hydrogen-bond donors (Lipinski definition) is 0. The molecule has 1 aliphatic rings. The molecule has 0 saturated heterocycles. The van der Waals surface area contributed by atoms with E-state index in [9.17, 15) is 4.79 Å². The van der Waals surface area contributed by atoms with Crippen LogP contribution in [0.3, 0.4) is 0 Å². The third-order valence-corrected chi connectivity index (χ3v) is 4.59. The first-order valence-corrected chi connectivity index (χ1v) is 8.02. The Bertz CT molecular complexity index is 1030. The molecule has 3 aromatic rings. The average molecular weight is 309 g/mol. The van der Waals surface area contributed by atoms with Crippen molar-refractivity contribution in [2.75, 3.05) is 0 Å². The zero-order chi connectivity index (χ0) is 16.5. The second-order valence-corrected chi connectivity index (χ2v) is 6.05. The van der Waals surface area contributed by atoms with E-state index in [1.807, 2.05) is 30.3 Å². The van der Waals surface area contributed by atoms with Crippen LogP contribution in [0.4, 0.5) is 0 Å². The van der Waals surface area contributed by atoms with Crippen molar-refractivity contribution in [1.82, 2.24) is 0 Å². The van der Waals surface area contributed by atoms with E-state index in [0.29, 0.717) is 5.56 Å². The number of ketones is 1. The maximum atomic E-state index is 12.7. The molecule has 0 aliphatic heterocycles. The molecule has 24 heavy (non-hydrogen) atoms. The van der Waals surface area contributed by atoms with Gasteiger partial charge in [0, 0.05) is 5.56 Å². The minimum absolute atomic E-state index is 0.00652. The molecule has 1 aliphatic carbocycles. The van der Waals surface area contributed by atoms with E-state index in [1.54, 1.807) is 24.3 Å². The molecule has 0 heterocycles. The summed E-state index contributed by atoms with van der Waals surface area (Å²) in [7, 11) is 0. The third-order valence-electron chi connectivity index (χ3n) is 4.59. The number of allylic oxidation sites excluding steroid dienone is 1. The second kappa shape index (κ2) is 5.79. The molecule has 0 saturated carbocycles. The van der Waals surface area contributed by atoms with Gasteiger partial charge >= 0.3 is 0 Å². The van der Waals surface area contributed by atoms with Gasteiger partial charge in [-0.3, -0.25) is 4.79 Å². The van der Waals surface area contributed by atoms with E-state index < -0.39 is 0 Å². The summed E-state index contributed by atoms with van der Waals surface area (Å²) in [5.74, 6) is -0.00652. The Morgan fingerprint density at radius 1 is 1.00 bits per heavy atom. The smallest absolute Gasteiger partial charge is 0.186 e. The number of benzene rings is 3. The average Bonchev–Trinajstić information content (AvgIpc) is 3.05. The highest BCUT2D eigenvalue weighted by atomic mass is 16.1. The first-order chi connectivity index (χ1) is 11.8. The summed E-state index contributed by atoms with van der Waals surface area (Å²) in [5.41, 5.74) is 4.86. The lowest BCUT2D eigenvalue weighted by Crippen LogP contribution is -1.96. The maximum absolute atomic E-state index is 12.7. The number of carbonyl (C=O) groups is 1. The fraction of sp³-hybridized carbons (Fsp3) is 0.0909. The van der Waals surface area contributed by atoms with Crippen LogP contribution in [0.2, 0.25) is 0 Å². The zero-order valence-electron chi connectivity index (χ0n) is 13.1. The normalized spacial score (nSPS) is 12.6. The highest BCUT2D eigenvalue weighted by Crippen LogP contribution is 2.33. The van der Waals surface area contributed by atoms with Crippen LogP contribution in [-0.2, 0) is 12.8 Å². The van der Waals surface area contributed by atoms with Gasteiger partial charge in [-0.15, -0.1) is 0 Å². The molecule has 2 nitrogen and oxygen atoms in total. The molecule has 114 valence electrons. The Hall–Kier alpha value is -3.18. The summed E-state index contributed by atoms with van der Waals surface area (Å²) < 4.78 is 0. The molecule has 0 atom stereocenters. The fourth-order valence-electron chi connectivity index (χ4n) is 3.44. The fourth-order valence-corrected chi connectivity index (χ4v) is 3.44. The predicted molar refractivity (Wildman–Crippen MR) is 95.9 cm³/mol. The molecule has 2 heteroatoms. The summed E-state index contributed by atoms with van der Waals surface area (Å²) in [6.07, 6.45) is 5.48. The topological polar surface area (TPSA) is 40.9 Å². The van der Waals surface area contributed by atoms with E-state index in [1.165, 1.54) is 16.5 Å². The quantitative estimate of drug-likeness (QED) is 0.519. The molecule has 4 rings (SSSR count). The van der Waals surface area contributed by atoms with Crippen molar-refractivity contribution in [3.63, 3.8) is 0 Å². The van der Waals surface area contributed by atoms with Crippen LogP contribution in [0.1, 0.15) is 32.6 Å². The van der Waals surface area contributed by atoms with Crippen molar-refractivity contribution in [3.8, 4) is 6.07 Å². The van der Waals surface area contributed by atoms with Crippen LogP contribution >= 0.6 is 0 Å². The Balaban J connectivity index is 1.72. The molecular weight excluding hydrogens is 294 g/mol. The summed E-state index contributed by atoms with van der Waals surface area (Å²) in [5, 5.41) is 11.3. The van der Waals surface area contributed by atoms with Crippen LogP contribution in [0.25, 0.3) is 16.8 Å². The van der Waals surface area contributed by atoms with Crippen LogP contribution in [0.5, 0.6) is 0 Å². The standard InChI is InChI=1S/C22H15NO/c23-14-16-4-1-3-15(13-16)7-12-21(24)19-11-10-18-9-8-17-5-2-6-20(19)22(17)18/h1-7,10-13H,8-9H2/b12-7+. The van der Waals surface area contributed by atoms with Gasteiger partial charge in [0.05, 0.1) is 11.6 Å². The van der Waals surface area contributed by atoms with Crippen molar-refractivity contribution in [2.24, 2.45) is 0 Å². The van der Waals surface area contributed by atoms with Crippen LogP contribution in [-0.4, -0.2) is 5.78 Å². The van der Waals surface area contributed by atoms with Gasteiger partial charge in [-0.1, -0.05) is 48.5 Å². The SMILES string of the molecule is N#Cc1cccc(/C=C/C(=O)c2ccc3c4c(cccc24)CC3)c1. The van der Waals surface area contributed by atoms with E-state index in [4.69, 9.17) is 5.26 Å². The zero-order valence-corrected chi connectivity index (χ0v) is 13.1. The van der Waals surface area contributed by atoms with E-state index in [-0.39, 0.29) is 5.78 Å². The minimum atomic E-state index is -0.00652. The van der Waals surface area contributed by atoms with Crippen molar-refractivity contribution >= 4 is 22.6 Å². The molecule has 0 N–H and O–H groups in total. The molecule has 0 bridgehead atoms. The monoisotopic (exact) mass is 309 g/mol. The van der Waals surface area contributed by atoms with E-state index in [0.717, 1.165) is 29.4 Å². The highest BCUT2D eigenvalue weighted by molar-refractivity contribution is 6.15. The summed E-state index contributed by atoms with van der Waals surface area (Å²) in [6, 6.07) is 19.6. The van der Waals surface area contributed by atoms with Crippen molar-refractivity contribution in [2.45, 2.75) is 12.8 Å². The molecule has 0 aromatic heterocycles.